The van der Waals surface area contributed by atoms with Crippen LogP contribution in [0.25, 0.3) is 0 Å². The fourth-order valence-electron chi connectivity index (χ4n) is 3.36. The number of carbonyl (C=O) groups excluding carboxylic acids is 1. The molecule has 0 spiro atoms. The second-order valence-electron chi connectivity index (χ2n) is 6.50. The lowest BCUT2D eigenvalue weighted by molar-refractivity contribution is -0.122. The van der Waals surface area contributed by atoms with Crippen LogP contribution in [-0.4, -0.2) is 37.0 Å². The molecule has 20 heavy (non-hydrogen) atoms. The molecule has 1 aromatic rings. The lowest BCUT2D eigenvalue weighted by Crippen LogP contribution is -2.47. The van der Waals surface area contributed by atoms with Gasteiger partial charge in [0.15, 0.2) is 0 Å². The Kier molecular flexibility index (Phi) is 3.09. The summed E-state index contributed by atoms with van der Waals surface area (Å²) in [7, 11) is 2.11. The van der Waals surface area contributed by atoms with Crippen molar-refractivity contribution in [1.29, 1.82) is 0 Å². The van der Waals surface area contributed by atoms with E-state index in [2.05, 4.69) is 11.9 Å². The third kappa shape index (κ3) is 1.94. The Labute approximate surface area is 119 Å². The third-order valence-corrected chi connectivity index (χ3v) is 4.70. The van der Waals surface area contributed by atoms with E-state index in [9.17, 15) is 9.18 Å². The Hall–Kier alpha value is -1.42. The summed E-state index contributed by atoms with van der Waals surface area (Å²) in [6.07, 6.45) is 1.96. The summed E-state index contributed by atoms with van der Waals surface area (Å²) >= 11 is 0. The van der Waals surface area contributed by atoms with Crippen molar-refractivity contribution >= 4 is 11.6 Å². The second kappa shape index (κ2) is 4.55. The summed E-state index contributed by atoms with van der Waals surface area (Å²) in [6.45, 7) is 5.79. The Morgan fingerprint density at radius 1 is 1.25 bits per heavy atom. The molecule has 1 aromatic carbocycles. The highest BCUT2D eigenvalue weighted by atomic mass is 19.1. The van der Waals surface area contributed by atoms with Crippen LogP contribution in [0.1, 0.15) is 32.3 Å². The molecule has 4 heteroatoms. The first-order valence-corrected chi connectivity index (χ1v) is 7.23. The zero-order chi connectivity index (χ0) is 14.5. The van der Waals surface area contributed by atoms with Gasteiger partial charge in [-0.05, 0) is 70.6 Å². The number of halogens is 1. The Bertz CT molecular complexity index is 547. The van der Waals surface area contributed by atoms with Gasteiger partial charge in [-0.2, -0.15) is 0 Å². The topological polar surface area (TPSA) is 23.6 Å². The molecule has 2 heterocycles. The molecule has 1 fully saturated rings. The minimum absolute atomic E-state index is 0.104. The van der Waals surface area contributed by atoms with Crippen molar-refractivity contribution in [3.63, 3.8) is 0 Å². The van der Waals surface area contributed by atoms with E-state index in [4.69, 9.17) is 0 Å². The lowest BCUT2D eigenvalue weighted by atomic mass is 9.86. The number of amides is 1. The fourth-order valence-corrected chi connectivity index (χ4v) is 3.36. The number of benzene rings is 1. The van der Waals surface area contributed by atoms with E-state index in [1.54, 1.807) is 6.07 Å². The number of anilines is 1. The zero-order valence-corrected chi connectivity index (χ0v) is 12.3. The SMILES string of the molecule is CN1CCC(N2C(=O)C(C)(C)c3cc(F)ccc32)CC1. The van der Waals surface area contributed by atoms with E-state index in [1.807, 2.05) is 18.7 Å². The maximum absolute atomic E-state index is 13.5. The molecule has 0 N–H and O–H groups in total. The van der Waals surface area contributed by atoms with Crippen LogP contribution in [0.5, 0.6) is 0 Å². The Morgan fingerprint density at radius 2 is 1.90 bits per heavy atom. The monoisotopic (exact) mass is 276 g/mol. The number of hydrogen-bond acceptors (Lipinski definition) is 2. The van der Waals surface area contributed by atoms with Crippen molar-refractivity contribution in [3.8, 4) is 0 Å². The second-order valence-corrected chi connectivity index (χ2v) is 6.50. The number of fused-ring (bicyclic) bond motifs is 1. The molecule has 2 aliphatic heterocycles. The third-order valence-electron chi connectivity index (χ3n) is 4.70. The largest absolute Gasteiger partial charge is 0.308 e. The standard InChI is InChI=1S/C16H21FN2O/c1-16(2)13-10-11(17)4-5-14(13)19(15(16)20)12-6-8-18(3)9-7-12/h4-5,10,12H,6-9H2,1-3H3. The van der Waals surface area contributed by atoms with Gasteiger partial charge in [-0.1, -0.05) is 0 Å². The quantitative estimate of drug-likeness (QED) is 0.787. The van der Waals surface area contributed by atoms with Gasteiger partial charge in [-0.25, -0.2) is 4.39 Å². The summed E-state index contributed by atoms with van der Waals surface area (Å²) in [4.78, 5) is 17.0. The molecule has 108 valence electrons. The molecule has 0 radical (unpaired) electrons. The molecule has 2 aliphatic rings. The summed E-state index contributed by atoms with van der Waals surface area (Å²) in [5, 5.41) is 0. The zero-order valence-electron chi connectivity index (χ0n) is 12.3. The van der Waals surface area contributed by atoms with Crippen LogP contribution < -0.4 is 4.90 Å². The highest BCUT2D eigenvalue weighted by Crippen LogP contribution is 2.44. The van der Waals surface area contributed by atoms with Crippen molar-refractivity contribution in [1.82, 2.24) is 4.90 Å². The smallest absolute Gasteiger partial charge is 0.237 e. The molecule has 0 aliphatic carbocycles. The van der Waals surface area contributed by atoms with Crippen LogP contribution in [0.4, 0.5) is 10.1 Å². The number of hydrogen-bond donors (Lipinski definition) is 0. The van der Waals surface area contributed by atoms with Crippen molar-refractivity contribution < 1.29 is 9.18 Å². The van der Waals surface area contributed by atoms with E-state index in [0.717, 1.165) is 37.2 Å². The highest BCUT2D eigenvalue weighted by molar-refractivity contribution is 6.08. The van der Waals surface area contributed by atoms with Crippen molar-refractivity contribution in [2.75, 3.05) is 25.0 Å². The maximum atomic E-state index is 13.5. The van der Waals surface area contributed by atoms with Crippen LogP contribution in [0.15, 0.2) is 18.2 Å². The first-order chi connectivity index (χ1) is 9.41. The first kappa shape index (κ1) is 13.6. The van der Waals surface area contributed by atoms with E-state index in [1.165, 1.54) is 12.1 Å². The van der Waals surface area contributed by atoms with Gasteiger partial charge in [-0.15, -0.1) is 0 Å². The molecule has 3 nitrogen and oxygen atoms in total. The molecular formula is C16H21FN2O. The Balaban J connectivity index is 1.99. The van der Waals surface area contributed by atoms with E-state index in [0.29, 0.717) is 0 Å². The van der Waals surface area contributed by atoms with Gasteiger partial charge in [-0.3, -0.25) is 4.79 Å². The number of carbonyl (C=O) groups is 1. The predicted molar refractivity (Wildman–Crippen MR) is 77.4 cm³/mol. The number of rotatable bonds is 1. The van der Waals surface area contributed by atoms with E-state index < -0.39 is 5.41 Å². The van der Waals surface area contributed by atoms with Crippen LogP contribution in [-0.2, 0) is 10.2 Å². The van der Waals surface area contributed by atoms with Gasteiger partial charge in [0.1, 0.15) is 5.82 Å². The van der Waals surface area contributed by atoms with E-state index in [-0.39, 0.29) is 17.8 Å². The molecular weight excluding hydrogens is 255 g/mol. The van der Waals surface area contributed by atoms with Crippen molar-refractivity contribution in [2.24, 2.45) is 0 Å². The Morgan fingerprint density at radius 3 is 2.55 bits per heavy atom. The fraction of sp³-hybridized carbons (Fsp3) is 0.562. The summed E-state index contributed by atoms with van der Waals surface area (Å²) in [5.41, 5.74) is 1.10. The molecule has 0 saturated carbocycles. The average molecular weight is 276 g/mol. The normalized spacial score (nSPS) is 23.2. The first-order valence-electron chi connectivity index (χ1n) is 7.23. The molecule has 0 aromatic heterocycles. The van der Waals surface area contributed by atoms with Gasteiger partial charge in [0.25, 0.3) is 0 Å². The van der Waals surface area contributed by atoms with Crippen LogP contribution in [0, 0.1) is 5.82 Å². The number of likely N-dealkylation sites (tertiary alicyclic amines) is 1. The molecule has 1 amide bonds. The van der Waals surface area contributed by atoms with Gasteiger partial charge >= 0.3 is 0 Å². The summed E-state index contributed by atoms with van der Waals surface area (Å²) in [6, 6.07) is 4.97. The van der Waals surface area contributed by atoms with Gasteiger partial charge in [0.05, 0.1) is 5.41 Å². The molecule has 3 rings (SSSR count). The number of piperidine rings is 1. The lowest BCUT2D eigenvalue weighted by Gasteiger charge is -2.36. The van der Waals surface area contributed by atoms with Gasteiger partial charge < -0.3 is 9.80 Å². The summed E-state index contributed by atoms with van der Waals surface area (Å²) < 4.78 is 13.5. The van der Waals surface area contributed by atoms with Crippen molar-refractivity contribution in [3.05, 3.63) is 29.6 Å². The van der Waals surface area contributed by atoms with Crippen molar-refractivity contribution in [2.45, 2.75) is 38.1 Å². The molecule has 0 bridgehead atoms. The minimum Gasteiger partial charge on any atom is -0.308 e. The van der Waals surface area contributed by atoms with Crippen LogP contribution in [0.3, 0.4) is 0 Å². The van der Waals surface area contributed by atoms with E-state index >= 15 is 0 Å². The average Bonchev–Trinajstić information content (AvgIpc) is 2.60. The van der Waals surface area contributed by atoms with Crippen LogP contribution in [0.2, 0.25) is 0 Å². The molecule has 1 saturated heterocycles. The van der Waals surface area contributed by atoms with Gasteiger partial charge in [0, 0.05) is 11.7 Å². The molecule has 0 atom stereocenters. The minimum atomic E-state index is -0.624. The molecule has 0 unspecified atom stereocenters. The summed E-state index contributed by atoms with van der Waals surface area (Å²) in [5.74, 6) is -0.164. The highest BCUT2D eigenvalue weighted by Gasteiger charge is 2.46. The maximum Gasteiger partial charge on any atom is 0.237 e. The van der Waals surface area contributed by atoms with Gasteiger partial charge in [0.2, 0.25) is 5.91 Å². The van der Waals surface area contributed by atoms with Crippen LogP contribution >= 0.6 is 0 Å². The predicted octanol–water partition coefficient (Wildman–Crippen LogP) is 2.54. The number of nitrogens with zero attached hydrogens (tertiary/aromatic N) is 2.